The number of ether oxygens (including phenoxy) is 1. The van der Waals surface area contributed by atoms with E-state index in [2.05, 4.69) is 10.2 Å². The summed E-state index contributed by atoms with van der Waals surface area (Å²) in [5.74, 6) is -1.35. The lowest BCUT2D eigenvalue weighted by molar-refractivity contribution is 0.191. The predicted octanol–water partition coefficient (Wildman–Crippen LogP) is 3.02. The highest BCUT2D eigenvalue weighted by Crippen LogP contribution is 2.24. The maximum atomic E-state index is 13.5. The van der Waals surface area contributed by atoms with Crippen LogP contribution in [0.2, 0.25) is 0 Å². The lowest BCUT2D eigenvalue weighted by atomic mass is 10.1. The Balaban J connectivity index is 1.52. The molecule has 0 radical (unpaired) electrons. The van der Waals surface area contributed by atoms with Crippen LogP contribution >= 0.6 is 0 Å². The van der Waals surface area contributed by atoms with Crippen molar-refractivity contribution in [1.82, 2.24) is 10.2 Å². The molecule has 1 aliphatic rings. The van der Waals surface area contributed by atoms with Crippen molar-refractivity contribution in [2.24, 2.45) is 0 Å². The van der Waals surface area contributed by atoms with Gasteiger partial charge >= 0.3 is 0 Å². The SMILES string of the molecule is O=c1c(-c2ccc(F)c(F)c2)coc2cc(OCCN3CCNCC3)ccc12. The molecule has 1 N–H and O–H groups in total. The van der Waals surface area contributed by atoms with Crippen LogP contribution in [-0.2, 0) is 0 Å². The Labute approximate surface area is 160 Å². The van der Waals surface area contributed by atoms with Crippen LogP contribution in [0.15, 0.2) is 51.9 Å². The molecule has 0 unspecified atom stereocenters. The number of halogens is 2. The number of benzene rings is 2. The Hall–Kier alpha value is -2.77. The molecule has 5 nitrogen and oxygen atoms in total. The van der Waals surface area contributed by atoms with E-state index < -0.39 is 11.6 Å². The van der Waals surface area contributed by atoms with E-state index in [1.807, 2.05) is 0 Å². The van der Waals surface area contributed by atoms with Crippen LogP contribution in [0.4, 0.5) is 8.78 Å². The van der Waals surface area contributed by atoms with Crippen molar-refractivity contribution in [3.8, 4) is 16.9 Å². The summed E-state index contributed by atoms with van der Waals surface area (Å²) in [6.07, 6.45) is 1.27. The quantitative estimate of drug-likeness (QED) is 0.731. The summed E-state index contributed by atoms with van der Waals surface area (Å²) >= 11 is 0. The number of nitrogens with zero attached hydrogens (tertiary/aromatic N) is 1. The molecule has 7 heteroatoms. The Kier molecular flexibility index (Phi) is 5.36. The number of fused-ring (bicyclic) bond motifs is 1. The van der Waals surface area contributed by atoms with Gasteiger partial charge in [0.2, 0.25) is 0 Å². The van der Waals surface area contributed by atoms with Gasteiger partial charge in [-0.3, -0.25) is 9.69 Å². The predicted molar refractivity (Wildman–Crippen MR) is 103 cm³/mol. The smallest absolute Gasteiger partial charge is 0.200 e. The second kappa shape index (κ2) is 8.08. The molecule has 2 heterocycles. The van der Waals surface area contributed by atoms with E-state index in [1.54, 1.807) is 18.2 Å². The monoisotopic (exact) mass is 386 g/mol. The summed E-state index contributed by atoms with van der Waals surface area (Å²) in [5.41, 5.74) is 0.528. The fourth-order valence-electron chi connectivity index (χ4n) is 3.29. The fourth-order valence-corrected chi connectivity index (χ4v) is 3.29. The summed E-state index contributed by atoms with van der Waals surface area (Å²) in [4.78, 5) is 15.1. The molecule has 0 saturated carbocycles. The van der Waals surface area contributed by atoms with E-state index >= 15 is 0 Å². The molecule has 1 aromatic heterocycles. The van der Waals surface area contributed by atoms with Crippen molar-refractivity contribution in [2.45, 2.75) is 0 Å². The topological polar surface area (TPSA) is 54.7 Å². The van der Waals surface area contributed by atoms with Crippen molar-refractivity contribution in [3.63, 3.8) is 0 Å². The fraction of sp³-hybridized carbons (Fsp3) is 0.286. The summed E-state index contributed by atoms with van der Waals surface area (Å²) in [7, 11) is 0. The van der Waals surface area contributed by atoms with Gasteiger partial charge in [0.05, 0.1) is 10.9 Å². The van der Waals surface area contributed by atoms with Gasteiger partial charge in [0, 0.05) is 38.8 Å². The molecule has 146 valence electrons. The lowest BCUT2D eigenvalue weighted by Gasteiger charge is -2.26. The summed E-state index contributed by atoms with van der Waals surface area (Å²) < 4.78 is 38.0. The van der Waals surface area contributed by atoms with E-state index in [9.17, 15) is 13.6 Å². The summed E-state index contributed by atoms with van der Waals surface area (Å²) in [6, 6.07) is 8.34. The molecule has 2 aromatic carbocycles. The number of rotatable bonds is 5. The third-order valence-electron chi connectivity index (χ3n) is 4.86. The van der Waals surface area contributed by atoms with Crippen LogP contribution in [0.1, 0.15) is 0 Å². The van der Waals surface area contributed by atoms with Gasteiger partial charge in [-0.2, -0.15) is 0 Å². The number of hydrogen-bond acceptors (Lipinski definition) is 5. The average Bonchev–Trinajstić information content (AvgIpc) is 2.71. The molecule has 0 atom stereocenters. The second-order valence-corrected chi connectivity index (χ2v) is 6.71. The van der Waals surface area contributed by atoms with E-state index in [-0.39, 0.29) is 16.6 Å². The number of hydrogen-bond donors (Lipinski definition) is 1. The molecule has 1 saturated heterocycles. The third kappa shape index (κ3) is 3.90. The highest BCUT2D eigenvalue weighted by Gasteiger charge is 2.13. The van der Waals surface area contributed by atoms with Crippen molar-refractivity contribution < 1.29 is 17.9 Å². The largest absolute Gasteiger partial charge is 0.492 e. The van der Waals surface area contributed by atoms with E-state index in [4.69, 9.17) is 9.15 Å². The zero-order chi connectivity index (χ0) is 19.5. The number of nitrogens with one attached hydrogen (secondary N) is 1. The lowest BCUT2D eigenvalue weighted by Crippen LogP contribution is -2.44. The first-order valence-electron chi connectivity index (χ1n) is 9.19. The van der Waals surface area contributed by atoms with Gasteiger partial charge in [-0.1, -0.05) is 6.07 Å². The van der Waals surface area contributed by atoms with Crippen LogP contribution in [0.25, 0.3) is 22.1 Å². The Morgan fingerprint density at radius 2 is 1.89 bits per heavy atom. The molecule has 3 aromatic rings. The van der Waals surface area contributed by atoms with E-state index in [0.29, 0.717) is 23.3 Å². The first-order valence-corrected chi connectivity index (χ1v) is 9.19. The van der Waals surface area contributed by atoms with Crippen LogP contribution in [-0.4, -0.2) is 44.2 Å². The minimum Gasteiger partial charge on any atom is -0.492 e. The molecule has 0 spiro atoms. The van der Waals surface area contributed by atoms with Crippen LogP contribution in [0.3, 0.4) is 0 Å². The molecular formula is C21H20F2N2O3. The standard InChI is InChI=1S/C21H20F2N2O3/c22-18-4-1-14(11-19(18)23)17-13-28-20-12-15(2-3-16(20)21(17)26)27-10-9-25-7-5-24-6-8-25/h1-4,11-13,24H,5-10H2. The van der Waals surface area contributed by atoms with Gasteiger partial charge < -0.3 is 14.5 Å². The van der Waals surface area contributed by atoms with Gasteiger partial charge in [-0.25, -0.2) is 8.78 Å². The van der Waals surface area contributed by atoms with E-state index in [0.717, 1.165) is 44.9 Å². The van der Waals surface area contributed by atoms with Crippen molar-refractivity contribution in [1.29, 1.82) is 0 Å². The van der Waals surface area contributed by atoms with Gasteiger partial charge in [-0.05, 0) is 29.8 Å². The molecule has 0 aliphatic carbocycles. The normalized spacial score (nSPS) is 15.1. The molecule has 1 aliphatic heterocycles. The van der Waals surface area contributed by atoms with Crippen LogP contribution in [0.5, 0.6) is 5.75 Å². The first-order chi connectivity index (χ1) is 13.6. The Bertz CT molecular complexity index is 1050. The highest BCUT2D eigenvalue weighted by atomic mass is 19.2. The highest BCUT2D eigenvalue weighted by molar-refractivity contribution is 5.82. The van der Waals surface area contributed by atoms with Crippen LogP contribution < -0.4 is 15.5 Å². The molecule has 4 rings (SSSR count). The van der Waals surface area contributed by atoms with Crippen molar-refractivity contribution >= 4 is 11.0 Å². The molecular weight excluding hydrogens is 366 g/mol. The molecule has 28 heavy (non-hydrogen) atoms. The second-order valence-electron chi connectivity index (χ2n) is 6.71. The minimum atomic E-state index is -1.01. The maximum absolute atomic E-state index is 13.5. The Morgan fingerprint density at radius 3 is 2.68 bits per heavy atom. The van der Waals surface area contributed by atoms with Crippen LogP contribution in [0, 0.1) is 11.6 Å². The molecule has 1 fully saturated rings. The van der Waals surface area contributed by atoms with Gasteiger partial charge in [-0.15, -0.1) is 0 Å². The van der Waals surface area contributed by atoms with Gasteiger partial charge in [0.1, 0.15) is 24.2 Å². The maximum Gasteiger partial charge on any atom is 0.200 e. The first kappa shape index (κ1) is 18.6. The third-order valence-corrected chi connectivity index (χ3v) is 4.86. The van der Waals surface area contributed by atoms with Crippen molar-refractivity contribution in [2.75, 3.05) is 39.3 Å². The van der Waals surface area contributed by atoms with E-state index in [1.165, 1.54) is 12.3 Å². The number of piperazine rings is 1. The zero-order valence-corrected chi connectivity index (χ0v) is 15.2. The molecule has 0 amide bonds. The van der Waals surface area contributed by atoms with Gasteiger partial charge in [0.25, 0.3) is 0 Å². The zero-order valence-electron chi connectivity index (χ0n) is 15.2. The van der Waals surface area contributed by atoms with Crippen molar-refractivity contribution in [3.05, 3.63) is 64.5 Å². The average molecular weight is 386 g/mol. The summed E-state index contributed by atoms with van der Waals surface area (Å²) in [6.45, 7) is 5.36. The summed E-state index contributed by atoms with van der Waals surface area (Å²) in [5, 5.41) is 3.66. The molecule has 0 bridgehead atoms. The Morgan fingerprint density at radius 1 is 1.07 bits per heavy atom. The minimum absolute atomic E-state index is 0.179. The van der Waals surface area contributed by atoms with Gasteiger partial charge in [0.15, 0.2) is 17.1 Å².